The van der Waals surface area contributed by atoms with Gasteiger partial charge in [0, 0.05) is 28.9 Å². The fourth-order valence-electron chi connectivity index (χ4n) is 6.85. The fraction of sp³-hybridized carbons (Fsp3) is 0.0732. The van der Waals surface area contributed by atoms with Crippen molar-refractivity contribution in [1.82, 2.24) is 9.97 Å². The molecule has 0 bridgehead atoms. The van der Waals surface area contributed by atoms with E-state index in [2.05, 4.69) is 146 Å². The molecule has 0 aliphatic heterocycles. The molecule has 0 unspecified atom stereocenters. The van der Waals surface area contributed by atoms with Crippen LogP contribution in [0.2, 0.25) is 0 Å². The lowest BCUT2D eigenvalue weighted by Crippen LogP contribution is -2.15. The van der Waals surface area contributed by atoms with E-state index in [1.54, 1.807) is 6.20 Å². The highest BCUT2D eigenvalue weighted by molar-refractivity contribution is 6.01. The third-order valence-electron chi connectivity index (χ3n) is 8.94. The van der Waals surface area contributed by atoms with Crippen molar-refractivity contribution in [2.75, 3.05) is 0 Å². The van der Waals surface area contributed by atoms with Crippen molar-refractivity contribution < 1.29 is 0 Å². The van der Waals surface area contributed by atoms with Crippen LogP contribution in [-0.4, -0.2) is 9.97 Å². The van der Waals surface area contributed by atoms with Gasteiger partial charge in [0.25, 0.3) is 0 Å². The van der Waals surface area contributed by atoms with Crippen LogP contribution in [0.3, 0.4) is 0 Å². The molecule has 2 heteroatoms. The van der Waals surface area contributed by atoms with Crippen LogP contribution in [0.5, 0.6) is 0 Å². The van der Waals surface area contributed by atoms with Crippen molar-refractivity contribution in [2.24, 2.45) is 0 Å². The second-order valence-electron chi connectivity index (χ2n) is 11.9. The summed E-state index contributed by atoms with van der Waals surface area (Å²) in [6.07, 6.45) is 3.71. The Morgan fingerprint density at radius 3 is 1.98 bits per heavy atom. The van der Waals surface area contributed by atoms with E-state index >= 15 is 0 Å². The Balaban J connectivity index is 1.33. The first kappa shape index (κ1) is 25.4. The standard InChI is InChI=1S/C41H30N2/c1-41(2)36-16-8-15-33(39(36)35-22-21-28-10-6-7-14-34(28)40(35)41)32-24-37(29-11-4-3-5-12-29)43-38(25-32)30-19-17-27(18-20-30)31-13-9-23-42-26-31/h3-26H,1-2H3. The second kappa shape index (κ2) is 9.89. The number of hydrogen-bond donors (Lipinski definition) is 0. The van der Waals surface area contributed by atoms with E-state index in [1.165, 1.54) is 44.2 Å². The van der Waals surface area contributed by atoms with Crippen molar-refractivity contribution >= 4 is 10.8 Å². The Morgan fingerprint density at radius 1 is 0.512 bits per heavy atom. The van der Waals surface area contributed by atoms with E-state index in [0.717, 1.165) is 33.6 Å². The molecule has 5 aromatic carbocycles. The highest BCUT2D eigenvalue weighted by atomic mass is 14.7. The molecule has 1 aliphatic rings. The van der Waals surface area contributed by atoms with Crippen molar-refractivity contribution in [3.05, 3.63) is 157 Å². The lowest BCUT2D eigenvalue weighted by molar-refractivity contribution is 0.666. The number of pyridine rings is 2. The smallest absolute Gasteiger partial charge is 0.0715 e. The highest BCUT2D eigenvalue weighted by Gasteiger charge is 2.38. The summed E-state index contributed by atoms with van der Waals surface area (Å²) in [6.45, 7) is 4.73. The summed E-state index contributed by atoms with van der Waals surface area (Å²) in [6, 6.07) is 47.9. The van der Waals surface area contributed by atoms with Crippen molar-refractivity contribution in [3.63, 3.8) is 0 Å². The van der Waals surface area contributed by atoms with Gasteiger partial charge in [0.05, 0.1) is 11.4 Å². The van der Waals surface area contributed by atoms with Crippen molar-refractivity contribution in [1.29, 1.82) is 0 Å². The minimum atomic E-state index is -0.109. The van der Waals surface area contributed by atoms with Gasteiger partial charge in [-0.1, -0.05) is 129 Å². The normalized spacial score (nSPS) is 13.1. The van der Waals surface area contributed by atoms with Crippen LogP contribution in [0.1, 0.15) is 25.0 Å². The van der Waals surface area contributed by atoms with Crippen LogP contribution in [0, 0.1) is 0 Å². The minimum absolute atomic E-state index is 0.109. The van der Waals surface area contributed by atoms with Gasteiger partial charge in [-0.25, -0.2) is 4.98 Å². The zero-order valence-corrected chi connectivity index (χ0v) is 24.3. The van der Waals surface area contributed by atoms with E-state index < -0.39 is 0 Å². The molecule has 0 atom stereocenters. The van der Waals surface area contributed by atoms with Crippen molar-refractivity contribution in [3.8, 4) is 55.9 Å². The van der Waals surface area contributed by atoms with Gasteiger partial charge in [0.15, 0.2) is 0 Å². The molecule has 0 saturated carbocycles. The topological polar surface area (TPSA) is 25.8 Å². The van der Waals surface area contributed by atoms with E-state index in [0.29, 0.717) is 0 Å². The molecular formula is C41H30N2. The van der Waals surface area contributed by atoms with Crippen LogP contribution in [0.4, 0.5) is 0 Å². The Labute approximate surface area is 252 Å². The summed E-state index contributed by atoms with van der Waals surface area (Å²) in [5, 5.41) is 2.62. The van der Waals surface area contributed by atoms with Gasteiger partial charge in [-0.15, -0.1) is 0 Å². The quantitative estimate of drug-likeness (QED) is 0.218. The Bertz CT molecular complexity index is 2130. The molecule has 0 radical (unpaired) electrons. The van der Waals surface area contributed by atoms with Gasteiger partial charge in [0.2, 0.25) is 0 Å². The summed E-state index contributed by atoms with van der Waals surface area (Å²) in [7, 11) is 0. The average molecular weight is 551 g/mol. The third-order valence-corrected chi connectivity index (χ3v) is 8.94. The number of hydrogen-bond acceptors (Lipinski definition) is 2. The summed E-state index contributed by atoms with van der Waals surface area (Å²) >= 11 is 0. The van der Waals surface area contributed by atoms with Gasteiger partial charge in [0.1, 0.15) is 0 Å². The maximum absolute atomic E-state index is 5.20. The molecule has 204 valence electrons. The van der Waals surface area contributed by atoms with Crippen LogP contribution >= 0.6 is 0 Å². The Hall–Kier alpha value is -5.34. The SMILES string of the molecule is CC1(C)c2cccc(-c3cc(-c4ccccc4)nc(-c4ccc(-c5cccnc5)cc4)c3)c2-c2ccc3ccccc3c21. The number of nitrogens with zero attached hydrogens (tertiary/aromatic N) is 2. The molecule has 2 heterocycles. The van der Waals surface area contributed by atoms with Crippen LogP contribution in [-0.2, 0) is 5.41 Å². The maximum Gasteiger partial charge on any atom is 0.0715 e. The molecule has 0 spiro atoms. The fourth-order valence-corrected chi connectivity index (χ4v) is 6.85. The molecular weight excluding hydrogens is 520 g/mol. The largest absolute Gasteiger partial charge is 0.264 e. The molecule has 8 rings (SSSR count). The molecule has 1 aliphatic carbocycles. The molecule has 2 aromatic heterocycles. The highest BCUT2D eigenvalue weighted by Crippen LogP contribution is 2.54. The van der Waals surface area contributed by atoms with Gasteiger partial charge in [-0.2, -0.15) is 0 Å². The molecule has 43 heavy (non-hydrogen) atoms. The van der Waals surface area contributed by atoms with Crippen LogP contribution in [0.25, 0.3) is 66.7 Å². The zero-order valence-electron chi connectivity index (χ0n) is 24.3. The predicted molar refractivity (Wildman–Crippen MR) is 179 cm³/mol. The minimum Gasteiger partial charge on any atom is -0.264 e. The van der Waals surface area contributed by atoms with Gasteiger partial charge >= 0.3 is 0 Å². The molecule has 0 fully saturated rings. The monoisotopic (exact) mass is 550 g/mol. The lowest BCUT2D eigenvalue weighted by Gasteiger charge is -2.23. The first-order valence-electron chi connectivity index (χ1n) is 14.8. The van der Waals surface area contributed by atoms with E-state index in [9.17, 15) is 0 Å². The Kier molecular flexibility index (Phi) is 5.84. The van der Waals surface area contributed by atoms with Gasteiger partial charge in [-0.05, 0) is 73.5 Å². The average Bonchev–Trinajstić information content (AvgIpc) is 3.32. The summed E-state index contributed by atoms with van der Waals surface area (Å²) in [4.78, 5) is 9.49. The van der Waals surface area contributed by atoms with E-state index in [4.69, 9.17) is 4.98 Å². The first-order valence-corrected chi connectivity index (χ1v) is 14.8. The number of aromatic nitrogens is 2. The van der Waals surface area contributed by atoms with Crippen LogP contribution in [0.15, 0.2) is 146 Å². The van der Waals surface area contributed by atoms with Gasteiger partial charge in [-0.3, -0.25) is 4.98 Å². The lowest BCUT2D eigenvalue weighted by atomic mass is 9.80. The number of benzene rings is 5. The molecule has 0 saturated heterocycles. The summed E-state index contributed by atoms with van der Waals surface area (Å²) in [5.41, 5.74) is 14.1. The van der Waals surface area contributed by atoms with E-state index in [-0.39, 0.29) is 5.41 Å². The van der Waals surface area contributed by atoms with Crippen LogP contribution < -0.4 is 0 Å². The first-order chi connectivity index (χ1) is 21.1. The number of rotatable bonds is 4. The number of fused-ring (bicyclic) bond motifs is 5. The van der Waals surface area contributed by atoms with E-state index in [1.807, 2.05) is 12.3 Å². The van der Waals surface area contributed by atoms with Gasteiger partial charge < -0.3 is 0 Å². The zero-order chi connectivity index (χ0) is 29.0. The molecule has 0 N–H and O–H groups in total. The molecule has 0 amide bonds. The Morgan fingerprint density at radius 2 is 1.21 bits per heavy atom. The maximum atomic E-state index is 5.20. The third kappa shape index (κ3) is 4.18. The molecule has 7 aromatic rings. The van der Waals surface area contributed by atoms with Crippen molar-refractivity contribution in [2.45, 2.75) is 19.3 Å². The second-order valence-corrected chi connectivity index (χ2v) is 11.9. The molecule has 2 nitrogen and oxygen atoms in total. The predicted octanol–water partition coefficient (Wildman–Crippen LogP) is 10.6. The summed E-state index contributed by atoms with van der Waals surface area (Å²) in [5.74, 6) is 0. The summed E-state index contributed by atoms with van der Waals surface area (Å²) < 4.78 is 0.